The summed E-state index contributed by atoms with van der Waals surface area (Å²) < 4.78 is 29.0. The Bertz CT molecular complexity index is 832. The summed E-state index contributed by atoms with van der Waals surface area (Å²) in [6.45, 7) is 4.12. The van der Waals surface area contributed by atoms with Crippen LogP contribution in [0.4, 0.5) is 0 Å². The van der Waals surface area contributed by atoms with Crippen molar-refractivity contribution in [1.82, 2.24) is 15.1 Å². The van der Waals surface area contributed by atoms with E-state index in [1.165, 1.54) is 23.1 Å². The van der Waals surface area contributed by atoms with Gasteiger partial charge >= 0.3 is 0 Å². The van der Waals surface area contributed by atoms with E-state index < -0.39 is 15.1 Å². The van der Waals surface area contributed by atoms with Crippen LogP contribution in [0, 0.1) is 0 Å². The highest BCUT2D eigenvalue weighted by atomic mass is 32.2. The standard InChI is InChI=1S/C15H19N3O4S3/c1-3-18(11-6-8-25(20,21)9-11)14(19)10(2)24-15-17-16-13(22-15)12-5-4-7-23-12/h4-5,7,10-11H,3,6,8-9H2,1-2H3/t10-,11+/m1/s1. The van der Waals surface area contributed by atoms with Gasteiger partial charge in [0.1, 0.15) is 0 Å². The van der Waals surface area contributed by atoms with Gasteiger partial charge in [-0.25, -0.2) is 8.42 Å². The molecule has 136 valence electrons. The van der Waals surface area contributed by atoms with Gasteiger partial charge in [-0.1, -0.05) is 17.8 Å². The third-order valence-electron chi connectivity index (χ3n) is 4.04. The van der Waals surface area contributed by atoms with Gasteiger partial charge in [0.2, 0.25) is 5.91 Å². The first kappa shape index (κ1) is 18.4. The van der Waals surface area contributed by atoms with Gasteiger partial charge in [-0.05, 0) is 31.7 Å². The van der Waals surface area contributed by atoms with Crippen LogP contribution >= 0.6 is 23.1 Å². The molecule has 3 heterocycles. The lowest BCUT2D eigenvalue weighted by Gasteiger charge is -2.28. The van der Waals surface area contributed by atoms with E-state index in [0.29, 0.717) is 24.1 Å². The summed E-state index contributed by atoms with van der Waals surface area (Å²) in [6, 6.07) is 3.55. The van der Waals surface area contributed by atoms with E-state index in [4.69, 9.17) is 4.42 Å². The van der Waals surface area contributed by atoms with Gasteiger partial charge in [0.05, 0.1) is 21.6 Å². The smallest absolute Gasteiger partial charge is 0.277 e. The van der Waals surface area contributed by atoms with Gasteiger partial charge in [-0.2, -0.15) is 0 Å². The quantitative estimate of drug-likeness (QED) is 0.686. The van der Waals surface area contributed by atoms with Crippen molar-refractivity contribution in [2.75, 3.05) is 18.1 Å². The van der Waals surface area contributed by atoms with E-state index >= 15 is 0 Å². The molecule has 1 aliphatic heterocycles. The van der Waals surface area contributed by atoms with Crippen molar-refractivity contribution in [3.8, 4) is 10.8 Å². The highest BCUT2D eigenvalue weighted by molar-refractivity contribution is 8.00. The molecule has 25 heavy (non-hydrogen) atoms. The average Bonchev–Trinajstić information content (AvgIpc) is 3.28. The number of sulfone groups is 1. The number of amides is 1. The minimum Gasteiger partial charge on any atom is -0.410 e. The monoisotopic (exact) mass is 401 g/mol. The zero-order valence-electron chi connectivity index (χ0n) is 13.9. The average molecular weight is 402 g/mol. The highest BCUT2D eigenvalue weighted by Gasteiger charge is 2.35. The third kappa shape index (κ3) is 4.24. The lowest BCUT2D eigenvalue weighted by molar-refractivity contribution is -0.131. The molecule has 1 amide bonds. The summed E-state index contributed by atoms with van der Waals surface area (Å²) in [6.07, 6.45) is 0.502. The maximum absolute atomic E-state index is 12.7. The predicted octanol–water partition coefficient (Wildman–Crippen LogP) is 2.31. The molecule has 10 heteroatoms. The molecular weight excluding hydrogens is 382 g/mol. The molecule has 0 aromatic carbocycles. The number of aromatic nitrogens is 2. The van der Waals surface area contributed by atoms with Crippen LogP contribution in [0.25, 0.3) is 10.8 Å². The predicted molar refractivity (Wildman–Crippen MR) is 97.4 cm³/mol. The Kier molecular flexibility index (Phi) is 5.49. The van der Waals surface area contributed by atoms with E-state index in [9.17, 15) is 13.2 Å². The van der Waals surface area contributed by atoms with E-state index in [1.54, 1.807) is 11.8 Å². The number of nitrogens with zero attached hydrogens (tertiary/aromatic N) is 3. The zero-order valence-corrected chi connectivity index (χ0v) is 16.4. The zero-order chi connectivity index (χ0) is 18.0. The largest absolute Gasteiger partial charge is 0.410 e. The Balaban J connectivity index is 1.65. The molecule has 2 atom stereocenters. The summed E-state index contributed by atoms with van der Waals surface area (Å²) in [5.74, 6) is 0.529. The number of hydrogen-bond acceptors (Lipinski definition) is 8. The van der Waals surface area contributed by atoms with Gasteiger partial charge in [0.25, 0.3) is 11.1 Å². The highest BCUT2D eigenvalue weighted by Crippen LogP contribution is 2.30. The van der Waals surface area contributed by atoms with Crippen LogP contribution in [0.15, 0.2) is 27.2 Å². The third-order valence-corrected chi connectivity index (χ3v) is 7.57. The minimum atomic E-state index is -3.03. The van der Waals surface area contributed by atoms with Crippen molar-refractivity contribution in [3.63, 3.8) is 0 Å². The minimum absolute atomic E-state index is 0.0487. The van der Waals surface area contributed by atoms with Gasteiger partial charge in [-0.15, -0.1) is 21.5 Å². The Labute approximate surface area is 154 Å². The molecule has 0 unspecified atom stereocenters. The number of thioether (sulfide) groups is 1. The van der Waals surface area contributed by atoms with Crippen molar-refractivity contribution in [2.45, 2.75) is 36.8 Å². The molecule has 0 spiro atoms. The van der Waals surface area contributed by atoms with E-state index in [-0.39, 0.29) is 23.5 Å². The first-order valence-electron chi connectivity index (χ1n) is 7.94. The molecular formula is C15H19N3O4S3. The molecule has 1 fully saturated rings. The summed E-state index contributed by atoms with van der Waals surface area (Å²) in [7, 11) is -3.03. The fraction of sp³-hybridized carbons (Fsp3) is 0.533. The first-order chi connectivity index (χ1) is 11.9. The Hall–Kier alpha value is -1.39. The maximum atomic E-state index is 12.7. The number of thiophene rings is 1. The molecule has 1 aliphatic rings. The number of carbonyl (C=O) groups excluding carboxylic acids is 1. The van der Waals surface area contributed by atoms with Crippen molar-refractivity contribution in [3.05, 3.63) is 17.5 Å². The van der Waals surface area contributed by atoms with Crippen molar-refractivity contribution >= 4 is 38.8 Å². The molecule has 0 bridgehead atoms. The second-order valence-electron chi connectivity index (χ2n) is 5.79. The van der Waals surface area contributed by atoms with Crippen molar-refractivity contribution in [1.29, 1.82) is 0 Å². The molecule has 7 nitrogen and oxygen atoms in total. The lowest BCUT2D eigenvalue weighted by atomic mass is 10.2. The number of rotatable bonds is 6. The maximum Gasteiger partial charge on any atom is 0.277 e. The van der Waals surface area contributed by atoms with Crippen molar-refractivity contribution in [2.24, 2.45) is 0 Å². The van der Waals surface area contributed by atoms with E-state index in [0.717, 1.165) is 4.88 Å². The second-order valence-corrected chi connectivity index (χ2v) is 10.3. The van der Waals surface area contributed by atoms with Crippen LogP contribution in [0.5, 0.6) is 0 Å². The molecule has 0 radical (unpaired) electrons. The van der Waals surface area contributed by atoms with Gasteiger partial charge in [0, 0.05) is 12.6 Å². The van der Waals surface area contributed by atoms with E-state index in [2.05, 4.69) is 10.2 Å². The van der Waals surface area contributed by atoms with Gasteiger partial charge in [-0.3, -0.25) is 4.79 Å². The SMILES string of the molecule is CCN(C(=O)[C@@H](C)Sc1nnc(-c2cccs2)o1)[C@H]1CCS(=O)(=O)C1. The summed E-state index contributed by atoms with van der Waals surface area (Å²) >= 11 is 2.70. The molecule has 2 aromatic rings. The van der Waals surface area contributed by atoms with Crippen LogP contribution < -0.4 is 0 Å². The Morgan fingerprint density at radius 2 is 2.32 bits per heavy atom. The van der Waals surface area contributed by atoms with Gasteiger partial charge in [0.15, 0.2) is 9.84 Å². The van der Waals surface area contributed by atoms with Crippen LogP contribution in [-0.2, 0) is 14.6 Å². The Morgan fingerprint density at radius 3 is 2.92 bits per heavy atom. The number of carbonyl (C=O) groups is 1. The Morgan fingerprint density at radius 1 is 1.52 bits per heavy atom. The summed E-state index contributed by atoms with van der Waals surface area (Å²) in [4.78, 5) is 15.3. The number of hydrogen-bond donors (Lipinski definition) is 0. The normalized spacial score (nSPS) is 20.5. The molecule has 2 aromatic heterocycles. The van der Waals surface area contributed by atoms with E-state index in [1.807, 2.05) is 24.4 Å². The van der Waals surface area contributed by atoms with Crippen LogP contribution in [0.1, 0.15) is 20.3 Å². The topological polar surface area (TPSA) is 93.4 Å². The van der Waals surface area contributed by atoms with Crippen LogP contribution in [0.2, 0.25) is 0 Å². The fourth-order valence-electron chi connectivity index (χ4n) is 2.81. The molecule has 1 saturated heterocycles. The molecule has 3 rings (SSSR count). The van der Waals surface area contributed by atoms with Crippen molar-refractivity contribution < 1.29 is 17.6 Å². The fourth-order valence-corrected chi connectivity index (χ4v) is 5.94. The second kappa shape index (κ2) is 7.46. The molecule has 0 aliphatic carbocycles. The van der Waals surface area contributed by atoms with Crippen LogP contribution in [0.3, 0.4) is 0 Å². The summed E-state index contributed by atoms with van der Waals surface area (Å²) in [5.41, 5.74) is 0. The van der Waals surface area contributed by atoms with Crippen LogP contribution in [-0.4, -0.2) is 58.8 Å². The molecule has 0 saturated carbocycles. The molecule has 0 N–H and O–H groups in total. The van der Waals surface area contributed by atoms with Gasteiger partial charge < -0.3 is 9.32 Å². The lowest BCUT2D eigenvalue weighted by Crippen LogP contribution is -2.44. The first-order valence-corrected chi connectivity index (χ1v) is 11.5. The summed E-state index contributed by atoms with van der Waals surface area (Å²) in [5, 5.41) is 9.81.